The van der Waals surface area contributed by atoms with Gasteiger partial charge >= 0.3 is 12.5 Å². The summed E-state index contributed by atoms with van der Waals surface area (Å²) in [4.78, 5) is 42.9. The van der Waals surface area contributed by atoms with Gasteiger partial charge in [-0.05, 0) is 12.1 Å². The van der Waals surface area contributed by atoms with Crippen LogP contribution in [0.3, 0.4) is 0 Å². The van der Waals surface area contributed by atoms with Crippen LogP contribution in [-0.4, -0.2) is 65.4 Å². The number of rotatable bonds is 2. The van der Waals surface area contributed by atoms with Crippen LogP contribution in [-0.2, 0) is 4.74 Å². The van der Waals surface area contributed by atoms with Crippen molar-refractivity contribution in [1.29, 1.82) is 0 Å². The van der Waals surface area contributed by atoms with Gasteiger partial charge in [0, 0.05) is 39.2 Å². The van der Waals surface area contributed by atoms with E-state index in [-0.39, 0.29) is 29.6 Å². The number of aromatic amines is 1. The Kier molecular flexibility index (Phi) is 4.63. The molecule has 1 aromatic carbocycles. The normalized spacial score (nSPS) is 18.7. The van der Waals surface area contributed by atoms with Crippen molar-refractivity contribution < 1.29 is 32.2 Å². The molecule has 0 unspecified atom stereocenters. The van der Waals surface area contributed by atoms with E-state index in [1.54, 1.807) is 7.05 Å². The van der Waals surface area contributed by atoms with Crippen molar-refractivity contribution in [3.63, 3.8) is 0 Å². The summed E-state index contributed by atoms with van der Waals surface area (Å²) < 4.78 is 47.1. The molecule has 11 heteroatoms. The molecule has 8 nitrogen and oxygen atoms in total. The Morgan fingerprint density at radius 3 is 2.53 bits per heavy atom. The first kappa shape index (κ1) is 20.0. The van der Waals surface area contributed by atoms with E-state index >= 15 is 0 Å². The molecule has 2 aliphatic rings. The molecule has 160 valence electrons. The van der Waals surface area contributed by atoms with Gasteiger partial charge in [-0.1, -0.05) is 6.07 Å². The predicted octanol–water partition coefficient (Wildman–Crippen LogP) is 2.48. The van der Waals surface area contributed by atoms with Gasteiger partial charge in [0.25, 0.3) is 5.91 Å². The van der Waals surface area contributed by atoms with Crippen molar-refractivity contribution in [3.05, 3.63) is 40.2 Å². The molecule has 2 saturated heterocycles. The number of hydrogen-bond donors (Lipinski definition) is 1. The minimum Gasteiger partial charge on any atom is -0.441 e. The minimum atomic E-state index is -4.92. The Labute approximate surface area is 168 Å². The highest BCUT2D eigenvalue weighted by Gasteiger charge is 2.46. The molecule has 2 aliphatic heterocycles. The van der Waals surface area contributed by atoms with Gasteiger partial charge < -0.3 is 24.3 Å². The minimum absolute atomic E-state index is 0.0811. The van der Waals surface area contributed by atoms with Gasteiger partial charge in [-0.15, -0.1) is 13.2 Å². The van der Waals surface area contributed by atoms with Crippen LogP contribution in [0, 0.1) is 0 Å². The number of likely N-dealkylation sites (tertiary alicyclic amines) is 1. The molecular weight excluding hydrogens is 407 g/mol. The number of aromatic nitrogens is 1. The molecule has 0 atom stereocenters. The highest BCUT2D eigenvalue weighted by atomic mass is 19.4. The maximum Gasteiger partial charge on any atom is 0.573 e. The number of H-pyrrole nitrogens is 1. The number of ether oxygens (including phenoxy) is 2. The molecule has 2 amide bonds. The first-order valence-electron chi connectivity index (χ1n) is 9.22. The average molecular weight is 425 g/mol. The molecule has 0 saturated carbocycles. The number of piperidine rings is 1. The molecule has 1 spiro atoms. The second kappa shape index (κ2) is 6.92. The van der Waals surface area contributed by atoms with Crippen LogP contribution < -0.4 is 10.2 Å². The van der Waals surface area contributed by atoms with Gasteiger partial charge in [0.15, 0.2) is 5.75 Å². The average Bonchev–Trinajstić information content (AvgIpc) is 2.94. The number of nitrogens with one attached hydrogen (secondary N) is 1. The second-order valence-corrected chi connectivity index (χ2v) is 7.46. The summed E-state index contributed by atoms with van der Waals surface area (Å²) in [5, 5.41) is -0.0811. The van der Waals surface area contributed by atoms with Crippen LogP contribution >= 0.6 is 0 Å². The lowest BCUT2D eigenvalue weighted by Crippen LogP contribution is -2.49. The number of likely N-dealkylation sites (N-methyl/N-ethyl adjacent to an activating group) is 1. The Morgan fingerprint density at radius 2 is 1.93 bits per heavy atom. The fraction of sp³-hybridized carbons (Fsp3) is 0.421. The Bertz CT molecular complexity index is 1070. The lowest BCUT2D eigenvalue weighted by atomic mass is 9.91. The number of benzene rings is 1. The quantitative estimate of drug-likeness (QED) is 0.798. The maximum absolute atomic E-state index is 12.9. The van der Waals surface area contributed by atoms with Gasteiger partial charge in [0.1, 0.15) is 11.2 Å². The summed E-state index contributed by atoms with van der Waals surface area (Å²) in [6.45, 7) is 1.01. The molecule has 3 heterocycles. The van der Waals surface area contributed by atoms with E-state index < -0.39 is 35.1 Å². The van der Waals surface area contributed by atoms with Gasteiger partial charge in [0.05, 0.1) is 17.4 Å². The number of hydrogen-bond acceptors (Lipinski definition) is 5. The monoisotopic (exact) mass is 425 g/mol. The molecule has 1 N–H and O–H groups in total. The van der Waals surface area contributed by atoms with Crippen molar-refractivity contribution >= 4 is 22.9 Å². The number of alkyl halides is 3. The summed E-state index contributed by atoms with van der Waals surface area (Å²) in [6, 6.07) is 3.66. The second-order valence-electron chi connectivity index (χ2n) is 7.46. The van der Waals surface area contributed by atoms with Crippen molar-refractivity contribution in [1.82, 2.24) is 14.8 Å². The molecule has 1 aromatic heterocycles. The lowest BCUT2D eigenvalue weighted by molar-refractivity contribution is -0.274. The number of halogens is 3. The van der Waals surface area contributed by atoms with E-state index in [1.807, 2.05) is 0 Å². The number of nitrogens with zero attached hydrogens (tertiary/aromatic N) is 2. The zero-order chi connectivity index (χ0) is 21.7. The van der Waals surface area contributed by atoms with E-state index in [2.05, 4.69) is 9.72 Å². The first-order chi connectivity index (χ1) is 14.1. The van der Waals surface area contributed by atoms with Crippen molar-refractivity contribution in [2.45, 2.75) is 24.8 Å². The van der Waals surface area contributed by atoms with Crippen molar-refractivity contribution in [2.24, 2.45) is 0 Å². The molecule has 4 rings (SSSR count). The van der Waals surface area contributed by atoms with E-state index in [1.165, 1.54) is 21.9 Å². The summed E-state index contributed by atoms with van der Waals surface area (Å²) in [7, 11) is 1.64. The zero-order valence-electron chi connectivity index (χ0n) is 15.9. The highest BCUT2D eigenvalue weighted by Crippen LogP contribution is 2.33. The molecule has 0 aliphatic carbocycles. The van der Waals surface area contributed by atoms with Crippen molar-refractivity contribution in [2.75, 3.05) is 26.7 Å². The van der Waals surface area contributed by atoms with Crippen LogP contribution in [0.4, 0.5) is 18.0 Å². The molecule has 30 heavy (non-hydrogen) atoms. The van der Waals surface area contributed by atoms with Crippen LogP contribution in [0.1, 0.15) is 23.2 Å². The zero-order valence-corrected chi connectivity index (χ0v) is 15.9. The lowest BCUT2D eigenvalue weighted by Gasteiger charge is -2.37. The molecule has 0 radical (unpaired) electrons. The molecule has 2 fully saturated rings. The standard InChI is InChI=1S/C19H18F3N3O5/c1-24-10-18(30-17(24)28)5-7-25(8-6-18)16(27)12-9-23-14-11(15(12)26)3-2-4-13(14)29-19(20,21)22/h2-4,9H,5-8,10H2,1H3,(H,23,26). The summed E-state index contributed by atoms with van der Waals surface area (Å²) in [5.74, 6) is -1.09. The van der Waals surface area contributed by atoms with Gasteiger partial charge in [-0.3, -0.25) is 9.59 Å². The van der Waals surface area contributed by atoms with Crippen molar-refractivity contribution in [3.8, 4) is 5.75 Å². The third-order valence-electron chi connectivity index (χ3n) is 5.44. The summed E-state index contributed by atoms with van der Waals surface area (Å²) in [6.07, 6.45) is -3.35. The number of carbonyl (C=O) groups is 2. The van der Waals surface area contributed by atoms with Gasteiger partial charge in [-0.25, -0.2) is 4.79 Å². The predicted molar refractivity (Wildman–Crippen MR) is 98.2 cm³/mol. The third-order valence-corrected chi connectivity index (χ3v) is 5.44. The van der Waals surface area contributed by atoms with Gasteiger partial charge in [0.2, 0.25) is 5.43 Å². The molecular formula is C19H18F3N3O5. The Hall–Kier alpha value is -3.24. The smallest absolute Gasteiger partial charge is 0.441 e. The number of fused-ring (bicyclic) bond motifs is 1. The topological polar surface area (TPSA) is 91.9 Å². The Morgan fingerprint density at radius 1 is 1.23 bits per heavy atom. The van der Waals surface area contributed by atoms with Gasteiger partial charge in [-0.2, -0.15) is 0 Å². The van der Waals surface area contributed by atoms with E-state index in [0.717, 1.165) is 12.3 Å². The van der Waals surface area contributed by atoms with E-state index in [4.69, 9.17) is 4.74 Å². The molecule has 2 aromatic rings. The summed E-state index contributed by atoms with van der Waals surface area (Å²) in [5.41, 5.74) is -1.64. The fourth-order valence-electron chi connectivity index (χ4n) is 3.93. The number of para-hydroxylation sites is 1. The third kappa shape index (κ3) is 3.55. The van der Waals surface area contributed by atoms with Crippen LogP contribution in [0.25, 0.3) is 10.9 Å². The van der Waals surface area contributed by atoms with Crippen LogP contribution in [0.5, 0.6) is 5.75 Å². The van der Waals surface area contributed by atoms with E-state index in [9.17, 15) is 27.6 Å². The maximum atomic E-state index is 12.9. The highest BCUT2D eigenvalue weighted by molar-refractivity contribution is 5.98. The van der Waals surface area contributed by atoms with Crippen LogP contribution in [0.2, 0.25) is 0 Å². The molecule has 0 bridgehead atoms. The number of carbonyl (C=O) groups excluding carboxylic acids is 2. The largest absolute Gasteiger partial charge is 0.573 e. The SMILES string of the molecule is CN1CC2(CCN(C(=O)c3c[nH]c4c(OC(F)(F)F)cccc4c3=O)CC2)OC1=O. The Balaban J connectivity index is 1.57. The first-order valence-corrected chi connectivity index (χ1v) is 9.22. The number of amides is 2. The summed E-state index contributed by atoms with van der Waals surface area (Å²) >= 11 is 0. The van der Waals surface area contributed by atoms with E-state index in [0.29, 0.717) is 19.4 Å². The van der Waals surface area contributed by atoms with Crippen LogP contribution in [0.15, 0.2) is 29.2 Å². The fourth-order valence-corrected chi connectivity index (χ4v) is 3.93. The number of pyridine rings is 1.